The fourth-order valence-corrected chi connectivity index (χ4v) is 3.12. The molecule has 0 amide bonds. The first kappa shape index (κ1) is 12.5. The number of aromatic nitrogens is 2. The number of aliphatic hydroxyl groups is 2. The van der Waals surface area contributed by atoms with Crippen molar-refractivity contribution in [3.63, 3.8) is 0 Å². The van der Waals surface area contributed by atoms with Crippen molar-refractivity contribution in [2.24, 2.45) is 0 Å². The summed E-state index contributed by atoms with van der Waals surface area (Å²) in [4.78, 5) is 15.8. The minimum atomic E-state index is -0.798. The van der Waals surface area contributed by atoms with Crippen molar-refractivity contribution < 1.29 is 14.9 Å². The van der Waals surface area contributed by atoms with E-state index in [-0.39, 0.29) is 18.8 Å². The number of rotatable bonds is 2. The molecule has 3 heterocycles. The summed E-state index contributed by atoms with van der Waals surface area (Å²) in [6, 6.07) is 0. The lowest BCUT2D eigenvalue weighted by molar-refractivity contribution is -0.0443. The first-order chi connectivity index (χ1) is 9.11. The molecule has 0 bridgehead atoms. The lowest BCUT2D eigenvalue weighted by Crippen LogP contribution is -2.28. The smallest absolute Gasteiger partial charge is 0.352 e. The SMILES string of the molecule is Nc1nc(=O)n(C2C[C@H](O)[C@@H](CO)O2)c2cscc12. The number of anilines is 1. The van der Waals surface area contributed by atoms with E-state index in [1.165, 1.54) is 15.9 Å². The van der Waals surface area contributed by atoms with Crippen LogP contribution in [0.25, 0.3) is 10.9 Å². The average Bonchev–Trinajstić information content (AvgIpc) is 2.96. The molecule has 4 N–H and O–H groups in total. The number of hydrogen-bond donors (Lipinski definition) is 3. The van der Waals surface area contributed by atoms with E-state index in [9.17, 15) is 9.90 Å². The van der Waals surface area contributed by atoms with Gasteiger partial charge in [-0.1, -0.05) is 0 Å². The number of ether oxygens (including phenoxy) is 1. The molecule has 0 saturated carbocycles. The maximum atomic E-state index is 12.0. The van der Waals surface area contributed by atoms with Gasteiger partial charge in [0.1, 0.15) is 18.1 Å². The van der Waals surface area contributed by atoms with E-state index in [0.29, 0.717) is 10.9 Å². The molecule has 3 rings (SSSR count). The molecule has 1 fully saturated rings. The molecule has 1 unspecified atom stereocenters. The van der Waals surface area contributed by atoms with Crippen molar-refractivity contribution >= 4 is 28.1 Å². The molecule has 2 aromatic heterocycles. The second kappa shape index (κ2) is 4.57. The quantitative estimate of drug-likeness (QED) is 0.696. The van der Waals surface area contributed by atoms with Crippen LogP contribution in [0, 0.1) is 0 Å². The van der Waals surface area contributed by atoms with Crippen LogP contribution >= 0.6 is 11.3 Å². The van der Waals surface area contributed by atoms with Crippen molar-refractivity contribution in [2.75, 3.05) is 12.3 Å². The highest BCUT2D eigenvalue weighted by molar-refractivity contribution is 7.09. The highest BCUT2D eigenvalue weighted by atomic mass is 32.1. The molecule has 7 nitrogen and oxygen atoms in total. The van der Waals surface area contributed by atoms with Gasteiger partial charge in [-0.25, -0.2) is 4.79 Å². The van der Waals surface area contributed by atoms with Gasteiger partial charge in [-0.15, -0.1) is 11.3 Å². The summed E-state index contributed by atoms with van der Waals surface area (Å²) < 4.78 is 6.87. The maximum absolute atomic E-state index is 12.0. The number of aliphatic hydroxyl groups excluding tert-OH is 2. The number of thiophene rings is 1. The summed E-state index contributed by atoms with van der Waals surface area (Å²) in [6.07, 6.45) is -1.87. The Hall–Kier alpha value is -1.48. The number of nitrogens with two attached hydrogens (primary N) is 1. The van der Waals surface area contributed by atoms with Gasteiger partial charge in [0.2, 0.25) is 0 Å². The predicted molar refractivity (Wildman–Crippen MR) is 69.9 cm³/mol. The van der Waals surface area contributed by atoms with Crippen LogP contribution in [0.15, 0.2) is 15.6 Å². The van der Waals surface area contributed by atoms with Gasteiger partial charge in [0.05, 0.1) is 23.6 Å². The molecule has 1 aliphatic rings. The summed E-state index contributed by atoms with van der Waals surface area (Å²) >= 11 is 1.41. The Bertz CT molecular complexity index is 667. The van der Waals surface area contributed by atoms with Crippen LogP contribution in [0.4, 0.5) is 5.82 Å². The van der Waals surface area contributed by atoms with Gasteiger partial charge in [0, 0.05) is 17.2 Å². The molecule has 1 aliphatic heterocycles. The Labute approximate surface area is 111 Å². The Balaban J connectivity index is 2.11. The van der Waals surface area contributed by atoms with Crippen LogP contribution in [-0.4, -0.2) is 38.6 Å². The van der Waals surface area contributed by atoms with Crippen molar-refractivity contribution in [3.05, 3.63) is 21.2 Å². The Morgan fingerprint density at radius 1 is 1.58 bits per heavy atom. The number of fused-ring (bicyclic) bond motifs is 1. The zero-order chi connectivity index (χ0) is 13.6. The summed E-state index contributed by atoms with van der Waals surface area (Å²) in [5.74, 6) is 0.190. The van der Waals surface area contributed by atoms with Crippen molar-refractivity contribution in [1.29, 1.82) is 0 Å². The van der Waals surface area contributed by atoms with Gasteiger partial charge >= 0.3 is 5.69 Å². The fourth-order valence-electron chi connectivity index (χ4n) is 2.30. The van der Waals surface area contributed by atoms with Gasteiger partial charge in [0.25, 0.3) is 0 Å². The Kier molecular flexibility index (Phi) is 3.02. The molecule has 0 aromatic carbocycles. The van der Waals surface area contributed by atoms with E-state index in [1.54, 1.807) is 5.38 Å². The van der Waals surface area contributed by atoms with Crippen LogP contribution in [-0.2, 0) is 4.74 Å². The van der Waals surface area contributed by atoms with Gasteiger partial charge in [-0.2, -0.15) is 4.98 Å². The van der Waals surface area contributed by atoms with Crippen LogP contribution in [0.2, 0.25) is 0 Å². The average molecular weight is 283 g/mol. The Morgan fingerprint density at radius 3 is 3.05 bits per heavy atom. The lowest BCUT2D eigenvalue weighted by Gasteiger charge is -2.15. The number of hydrogen-bond acceptors (Lipinski definition) is 7. The molecule has 0 radical (unpaired) electrons. The van der Waals surface area contributed by atoms with Crippen molar-refractivity contribution in [1.82, 2.24) is 9.55 Å². The molecule has 3 atom stereocenters. The molecule has 1 saturated heterocycles. The van der Waals surface area contributed by atoms with E-state index in [0.717, 1.165) is 0 Å². The van der Waals surface area contributed by atoms with Gasteiger partial charge in [-0.05, 0) is 0 Å². The highest BCUT2D eigenvalue weighted by Crippen LogP contribution is 2.31. The molecular weight excluding hydrogens is 270 g/mol. The molecule has 0 aliphatic carbocycles. The van der Waals surface area contributed by atoms with Crippen LogP contribution in [0.3, 0.4) is 0 Å². The second-order valence-corrected chi connectivity index (χ2v) is 5.18. The summed E-state index contributed by atoms with van der Waals surface area (Å²) in [5.41, 5.74) is 5.82. The predicted octanol–water partition coefficient (Wildman–Crippen LogP) is -0.319. The minimum absolute atomic E-state index is 0.190. The zero-order valence-electron chi connectivity index (χ0n) is 9.89. The van der Waals surface area contributed by atoms with E-state index in [2.05, 4.69) is 4.98 Å². The van der Waals surface area contributed by atoms with Crippen molar-refractivity contribution in [3.8, 4) is 0 Å². The largest absolute Gasteiger partial charge is 0.394 e. The number of nitrogens with zero attached hydrogens (tertiary/aromatic N) is 2. The minimum Gasteiger partial charge on any atom is -0.394 e. The van der Waals surface area contributed by atoms with Gasteiger partial charge in [0.15, 0.2) is 0 Å². The van der Waals surface area contributed by atoms with Gasteiger partial charge in [-0.3, -0.25) is 4.57 Å². The normalized spacial score (nSPS) is 27.2. The topological polar surface area (TPSA) is 111 Å². The zero-order valence-corrected chi connectivity index (χ0v) is 10.7. The molecular formula is C11H13N3O4S. The monoisotopic (exact) mass is 283 g/mol. The third kappa shape index (κ3) is 1.93. The van der Waals surface area contributed by atoms with Gasteiger partial charge < -0.3 is 20.7 Å². The number of nitrogen functional groups attached to an aromatic ring is 1. The fraction of sp³-hybridized carbons (Fsp3) is 0.455. The summed E-state index contributed by atoms with van der Waals surface area (Å²) in [6.45, 7) is -0.290. The Morgan fingerprint density at radius 2 is 2.37 bits per heavy atom. The van der Waals surface area contributed by atoms with E-state index in [1.807, 2.05) is 5.38 Å². The van der Waals surface area contributed by atoms with Crippen LogP contribution < -0.4 is 11.4 Å². The standard InChI is InChI=1S/C11H13N3O4S/c12-10-5-3-19-4-6(5)14(11(17)13-10)9-1-7(16)8(2-15)18-9/h3-4,7-9,15-16H,1-2H2,(H2,12,13,17)/t7-,8+,9?/m0/s1. The van der Waals surface area contributed by atoms with Crippen LogP contribution in [0.5, 0.6) is 0 Å². The molecule has 19 heavy (non-hydrogen) atoms. The highest BCUT2D eigenvalue weighted by Gasteiger charge is 2.35. The third-order valence-corrected chi connectivity index (χ3v) is 4.00. The van der Waals surface area contributed by atoms with E-state index >= 15 is 0 Å². The van der Waals surface area contributed by atoms with E-state index in [4.69, 9.17) is 15.6 Å². The molecule has 8 heteroatoms. The maximum Gasteiger partial charge on any atom is 0.352 e. The summed E-state index contributed by atoms with van der Waals surface area (Å²) in [5, 5.41) is 23.1. The van der Waals surface area contributed by atoms with Crippen molar-refractivity contribution in [2.45, 2.75) is 24.9 Å². The lowest BCUT2D eigenvalue weighted by atomic mass is 10.2. The second-order valence-electron chi connectivity index (χ2n) is 4.44. The molecule has 2 aromatic rings. The summed E-state index contributed by atoms with van der Waals surface area (Å²) in [7, 11) is 0. The first-order valence-corrected chi connectivity index (χ1v) is 6.74. The first-order valence-electron chi connectivity index (χ1n) is 5.80. The third-order valence-electron chi connectivity index (χ3n) is 3.27. The van der Waals surface area contributed by atoms with E-state index < -0.39 is 24.1 Å². The molecule has 102 valence electrons. The molecule has 0 spiro atoms. The van der Waals surface area contributed by atoms with Crippen LogP contribution in [0.1, 0.15) is 12.6 Å².